The van der Waals surface area contributed by atoms with Crippen LogP contribution in [0.25, 0.3) is 0 Å². The molecule has 2 aliphatic rings. The Labute approximate surface area is 141 Å². The third-order valence-electron chi connectivity index (χ3n) is 6.34. The number of hydrogen-bond acceptors (Lipinski definition) is 1. The lowest BCUT2D eigenvalue weighted by atomic mass is 9.68. The SMILES string of the molecule is C=CCC1CCC(C2CCC(c3ccc(C#N)cc3)CC2)CC1. The fourth-order valence-corrected chi connectivity index (χ4v) is 4.88. The van der Waals surface area contributed by atoms with Crippen LogP contribution >= 0.6 is 0 Å². The van der Waals surface area contributed by atoms with Gasteiger partial charge in [-0.1, -0.05) is 18.2 Å². The highest BCUT2D eigenvalue weighted by molar-refractivity contribution is 5.33. The monoisotopic (exact) mass is 307 g/mol. The van der Waals surface area contributed by atoms with Crippen molar-refractivity contribution in [1.29, 1.82) is 5.26 Å². The predicted molar refractivity (Wildman–Crippen MR) is 96.1 cm³/mol. The van der Waals surface area contributed by atoms with E-state index in [9.17, 15) is 0 Å². The van der Waals surface area contributed by atoms with Gasteiger partial charge in [-0.25, -0.2) is 0 Å². The van der Waals surface area contributed by atoms with Gasteiger partial charge in [-0.15, -0.1) is 6.58 Å². The van der Waals surface area contributed by atoms with Gasteiger partial charge in [-0.2, -0.15) is 5.26 Å². The van der Waals surface area contributed by atoms with Gasteiger partial charge in [0.05, 0.1) is 11.6 Å². The van der Waals surface area contributed by atoms with Gasteiger partial charge in [0.15, 0.2) is 0 Å². The van der Waals surface area contributed by atoms with Crippen LogP contribution in [0.15, 0.2) is 36.9 Å². The molecule has 0 heterocycles. The van der Waals surface area contributed by atoms with E-state index in [1.165, 1.54) is 63.4 Å². The van der Waals surface area contributed by atoms with Crippen LogP contribution < -0.4 is 0 Å². The second kappa shape index (κ2) is 7.82. The minimum absolute atomic E-state index is 0.719. The normalized spacial score (nSPS) is 31.3. The zero-order valence-corrected chi connectivity index (χ0v) is 14.2. The first-order chi connectivity index (χ1) is 11.3. The molecule has 1 nitrogen and oxygen atoms in total. The summed E-state index contributed by atoms with van der Waals surface area (Å²) in [6.45, 7) is 3.89. The van der Waals surface area contributed by atoms with Crippen molar-refractivity contribution < 1.29 is 0 Å². The quantitative estimate of drug-likeness (QED) is 0.606. The van der Waals surface area contributed by atoms with E-state index in [4.69, 9.17) is 5.26 Å². The molecule has 0 atom stereocenters. The highest BCUT2D eigenvalue weighted by Gasteiger charge is 2.30. The topological polar surface area (TPSA) is 23.8 Å². The third-order valence-corrected chi connectivity index (χ3v) is 6.34. The van der Waals surface area contributed by atoms with Gasteiger partial charge in [0, 0.05) is 0 Å². The third kappa shape index (κ3) is 4.05. The molecule has 0 bridgehead atoms. The maximum absolute atomic E-state index is 8.91. The van der Waals surface area contributed by atoms with Crippen molar-refractivity contribution in [3.05, 3.63) is 48.0 Å². The average molecular weight is 307 g/mol. The van der Waals surface area contributed by atoms with E-state index in [2.05, 4.69) is 30.9 Å². The van der Waals surface area contributed by atoms with Gasteiger partial charge in [0.2, 0.25) is 0 Å². The van der Waals surface area contributed by atoms with Crippen molar-refractivity contribution in [3.63, 3.8) is 0 Å². The Balaban J connectivity index is 1.48. The van der Waals surface area contributed by atoms with Gasteiger partial charge in [-0.3, -0.25) is 0 Å². The van der Waals surface area contributed by atoms with Crippen molar-refractivity contribution in [2.75, 3.05) is 0 Å². The molecule has 0 amide bonds. The molecular weight excluding hydrogens is 278 g/mol. The van der Waals surface area contributed by atoms with Crippen LogP contribution in [0, 0.1) is 29.1 Å². The summed E-state index contributed by atoms with van der Waals surface area (Å²) >= 11 is 0. The molecule has 0 unspecified atom stereocenters. The molecule has 1 heteroatoms. The number of rotatable bonds is 4. The zero-order chi connectivity index (χ0) is 16.1. The lowest BCUT2D eigenvalue weighted by molar-refractivity contribution is 0.161. The predicted octanol–water partition coefficient (Wildman–Crippen LogP) is 6.21. The summed E-state index contributed by atoms with van der Waals surface area (Å²) in [5, 5.41) is 8.91. The molecule has 1 aromatic rings. The fraction of sp³-hybridized carbons (Fsp3) is 0.591. The van der Waals surface area contributed by atoms with Crippen LogP contribution in [0.2, 0.25) is 0 Å². The van der Waals surface area contributed by atoms with Gasteiger partial charge in [0.25, 0.3) is 0 Å². The number of allylic oxidation sites excluding steroid dienone is 1. The number of nitrogens with zero attached hydrogens (tertiary/aromatic N) is 1. The van der Waals surface area contributed by atoms with Gasteiger partial charge in [0.1, 0.15) is 0 Å². The van der Waals surface area contributed by atoms with Crippen molar-refractivity contribution in [3.8, 4) is 6.07 Å². The molecule has 0 N–H and O–H groups in total. The molecule has 122 valence electrons. The molecule has 1 aromatic carbocycles. The van der Waals surface area contributed by atoms with Crippen LogP contribution in [-0.4, -0.2) is 0 Å². The van der Waals surface area contributed by atoms with E-state index < -0.39 is 0 Å². The second-order valence-electron chi connectivity index (χ2n) is 7.65. The Morgan fingerprint density at radius 2 is 1.48 bits per heavy atom. The molecule has 23 heavy (non-hydrogen) atoms. The molecule has 0 aliphatic heterocycles. The van der Waals surface area contributed by atoms with Gasteiger partial charge < -0.3 is 0 Å². The van der Waals surface area contributed by atoms with Crippen LogP contribution in [0.5, 0.6) is 0 Å². The van der Waals surface area contributed by atoms with Crippen molar-refractivity contribution in [2.45, 2.75) is 63.7 Å². The molecule has 2 fully saturated rings. The van der Waals surface area contributed by atoms with Crippen LogP contribution in [0.3, 0.4) is 0 Å². The van der Waals surface area contributed by atoms with Crippen molar-refractivity contribution in [1.82, 2.24) is 0 Å². The summed E-state index contributed by atoms with van der Waals surface area (Å²) in [5.41, 5.74) is 2.22. The Hall–Kier alpha value is -1.55. The first-order valence-electron chi connectivity index (χ1n) is 9.41. The minimum atomic E-state index is 0.719. The summed E-state index contributed by atoms with van der Waals surface area (Å²) in [4.78, 5) is 0. The van der Waals surface area contributed by atoms with Crippen LogP contribution in [0.4, 0.5) is 0 Å². The fourth-order valence-electron chi connectivity index (χ4n) is 4.88. The Bertz CT molecular complexity index is 534. The Morgan fingerprint density at radius 3 is 2.00 bits per heavy atom. The molecular formula is C22H29N. The molecule has 2 aliphatic carbocycles. The largest absolute Gasteiger partial charge is 0.192 e. The minimum Gasteiger partial charge on any atom is -0.192 e. The molecule has 2 saturated carbocycles. The molecule has 0 aromatic heterocycles. The lowest BCUT2D eigenvalue weighted by Gasteiger charge is -2.38. The molecule has 0 spiro atoms. The lowest BCUT2D eigenvalue weighted by Crippen LogP contribution is -2.25. The van der Waals surface area contributed by atoms with Crippen molar-refractivity contribution >= 4 is 0 Å². The number of nitriles is 1. The van der Waals surface area contributed by atoms with Gasteiger partial charge in [-0.05, 0) is 99.2 Å². The Kier molecular flexibility index (Phi) is 5.55. The smallest absolute Gasteiger partial charge is 0.0991 e. The maximum atomic E-state index is 8.91. The second-order valence-corrected chi connectivity index (χ2v) is 7.65. The van der Waals surface area contributed by atoms with Crippen molar-refractivity contribution in [2.24, 2.45) is 17.8 Å². The van der Waals surface area contributed by atoms with Crippen LogP contribution in [0.1, 0.15) is 74.8 Å². The summed E-state index contributed by atoms with van der Waals surface area (Å²) in [6, 6.07) is 10.5. The van der Waals surface area contributed by atoms with Gasteiger partial charge >= 0.3 is 0 Å². The Morgan fingerprint density at radius 1 is 0.913 bits per heavy atom. The summed E-state index contributed by atoms with van der Waals surface area (Å²) < 4.78 is 0. The highest BCUT2D eigenvalue weighted by atomic mass is 14.4. The zero-order valence-electron chi connectivity index (χ0n) is 14.2. The summed E-state index contributed by atoms with van der Waals surface area (Å²) in [6.07, 6.45) is 14.6. The van der Waals surface area contributed by atoms with E-state index in [-0.39, 0.29) is 0 Å². The number of benzene rings is 1. The van der Waals surface area contributed by atoms with E-state index in [1.807, 2.05) is 12.1 Å². The summed E-state index contributed by atoms with van der Waals surface area (Å²) in [5.74, 6) is 3.59. The van der Waals surface area contributed by atoms with E-state index >= 15 is 0 Å². The first kappa shape index (κ1) is 16.3. The molecule has 0 saturated heterocycles. The van der Waals surface area contributed by atoms with Crippen LogP contribution in [-0.2, 0) is 0 Å². The highest BCUT2D eigenvalue weighted by Crippen LogP contribution is 2.44. The maximum Gasteiger partial charge on any atom is 0.0991 e. The first-order valence-corrected chi connectivity index (χ1v) is 9.41. The standard InChI is InChI=1S/C22H29N/c1-2-3-17-4-8-19(9-5-17)21-12-14-22(15-13-21)20-10-6-18(16-23)7-11-20/h2,6-7,10-11,17,19,21-22H,1,3-5,8-9,12-15H2. The van der Waals surface area contributed by atoms with E-state index in [0.717, 1.165) is 29.2 Å². The van der Waals surface area contributed by atoms with E-state index in [1.54, 1.807) is 0 Å². The number of hydrogen-bond donors (Lipinski definition) is 0. The molecule has 0 radical (unpaired) electrons. The summed E-state index contributed by atoms with van der Waals surface area (Å²) in [7, 11) is 0. The molecule has 3 rings (SSSR count). The van der Waals surface area contributed by atoms with E-state index in [0.29, 0.717) is 0 Å². The average Bonchev–Trinajstić information content (AvgIpc) is 2.63.